The zero-order valence-corrected chi connectivity index (χ0v) is 20.7. The number of H-pyrrole nitrogens is 1. The Morgan fingerprint density at radius 3 is 2.47 bits per heavy atom. The van der Waals surface area contributed by atoms with Crippen LogP contribution in [0.5, 0.6) is 0 Å². The van der Waals surface area contributed by atoms with Crippen molar-refractivity contribution in [1.29, 1.82) is 0 Å². The van der Waals surface area contributed by atoms with Crippen LogP contribution < -0.4 is 5.32 Å². The van der Waals surface area contributed by atoms with Crippen LogP contribution in [0.3, 0.4) is 0 Å². The predicted octanol–water partition coefficient (Wildman–Crippen LogP) is 3.49. The minimum Gasteiger partial charge on any atom is -0.356 e. The molecule has 0 spiro atoms. The molecule has 1 atom stereocenters. The summed E-state index contributed by atoms with van der Waals surface area (Å²) in [7, 11) is -3.81. The monoisotopic (exact) mass is 486 g/mol. The highest BCUT2D eigenvalue weighted by Gasteiger charge is 2.34. The molecule has 2 aliphatic heterocycles. The molecular weight excluding hydrogens is 452 g/mol. The molecule has 3 heterocycles. The van der Waals surface area contributed by atoms with Gasteiger partial charge in [0.1, 0.15) is 10.6 Å². The number of amides is 2. The van der Waals surface area contributed by atoms with Crippen LogP contribution in [-0.4, -0.2) is 60.6 Å². The molecule has 1 aromatic carbocycles. The minimum absolute atomic E-state index is 0.0671. The predicted molar refractivity (Wildman–Crippen MR) is 131 cm³/mol. The zero-order valence-electron chi connectivity index (χ0n) is 19.9. The molecule has 4 rings (SSSR count). The van der Waals surface area contributed by atoms with Gasteiger partial charge in [0.2, 0.25) is 15.9 Å². The highest BCUT2D eigenvalue weighted by molar-refractivity contribution is 7.89. The van der Waals surface area contributed by atoms with Gasteiger partial charge in [-0.2, -0.15) is 4.31 Å². The molecule has 9 heteroatoms. The first kappa shape index (κ1) is 24.5. The van der Waals surface area contributed by atoms with Crippen LogP contribution in [0.15, 0.2) is 41.4 Å². The second kappa shape index (κ2) is 10.3. The Hall–Kier alpha value is -2.65. The molecule has 2 amide bonds. The maximum atomic E-state index is 13.3. The van der Waals surface area contributed by atoms with Gasteiger partial charge in [0.05, 0.1) is 5.92 Å². The van der Waals surface area contributed by atoms with E-state index >= 15 is 0 Å². The summed E-state index contributed by atoms with van der Waals surface area (Å²) in [5, 5.41) is 2.92. The molecule has 2 fully saturated rings. The summed E-state index contributed by atoms with van der Waals surface area (Å²) in [4.78, 5) is 30.3. The fraction of sp³-hybridized carbons (Fsp3) is 0.520. The molecule has 0 radical (unpaired) electrons. The molecule has 184 valence electrons. The van der Waals surface area contributed by atoms with Crippen LogP contribution in [-0.2, 0) is 21.2 Å². The second-order valence-electron chi connectivity index (χ2n) is 9.47. The number of carbonyl (C=O) groups excluding carboxylic acids is 2. The molecule has 1 aromatic heterocycles. The van der Waals surface area contributed by atoms with E-state index in [1.54, 1.807) is 4.90 Å². The van der Waals surface area contributed by atoms with Crippen molar-refractivity contribution in [3.8, 4) is 0 Å². The number of anilines is 1. The highest BCUT2D eigenvalue weighted by atomic mass is 32.2. The normalized spacial score (nSPS) is 20.3. The van der Waals surface area contributed by atoms with Crippen LogP contribution in [0, 0.1) is 11.8 Å². The largest absolute Gasteiger partial charge is 0.356 e. The van der Waals surface area contributed by atoms with Crippen molar-refractivity contribution in [1.82, 2.24) is 14.2 Å². The number of nitrogens with zero attached hydrogens (tertiary/aromatic N) is 2. The number of sulfonamides is 1. The van der Waals surface area contributed by atoms with E-state index < -0.39 is 15.9 Å². The zero-order chi connectivity index (χ0) is 24.3. The lowest BCUT2D eigenvalue weighted by molar-refractivity contribution is -0.120. The van der Waals surface area contributed by atoms with Gasteiger partial charge in [-0.1, -0.05) is 26.0 Å². The third-order valence-corrected chi connectivity index (χ3v) is 8.82. The van der Waals surface area contributed by atoms with Crippen molar-refractivity contribution in [2.75, 3.05) is 31.5 Å². The van der Waals surface area contributed by atoms with E-state index in [1.165, 1.54) is 22.1 Å². The van der Waals surface area contributed by atoms with Crippen LogP contribution in [0.1, 0.15) is 55.6 Å². The summed E-state index contributed by atoms with van der Waals surface area (Å²) in [5.41, 5.74) is 2.19. The van der Waals surface area contributed by atoms with Crippen LogP contribution in [0.25, 0.3) is 0 Å². The first-order valence-electron chi connectivity index (χ1n) is 12.2. The Labute approximate surface area is 201 Å². The van der Waals surface area contributed by atoms with Crippen molar-refractivity contribution >= 4 is 27.5 Å². The molecule has 0 unspecified atom stereocenters. The van der Waals surface area contributed by atoms with E-state index in [1.807, 2.05) is 24.3 Å². The number of hydrogen-bond donors (Lipinski definition) is 2. The lowest BCUT2D eigenvalue weighted by Crippen LogP contribution is -2.43. The minimum atomic E-state index is -3.81. The SMILES string of the molecule is CCc1ccc(NC(=O)[C@H]2CCCN(S(=O)(=O)c3c[nH]c(C(=O)N4CCC(C)CC4)c3)C2)cc1. The third kappa shape index (κ3) is 5.36. The van der Waals surface area contributed by atoms with Gasteiger partial charge < -0.3 is 15.2 Å². The average molecular weight is 487 g/mol. The molecule has 0 saturated carbocycles. The lowest BCUT2D eigenvalue weighted by Gasteiger charge is -2.31. The fourth-order valence-corrected chi connectivity index (χ4v) is 6.14. The number of aryl methyl sites for hydroxylation is 1. The van der Waals surface area contributed by atoms with Gasteiger partial charge in [-0.3, -0.25) is 9.59 Å². The van der Waals surface area contributed by atoms with Gasteiger partial charge >= 0.3 is 0 Å². The van der Waals surface area contributed by atoms with E-state index in [0.717, 1.165) is 19.3 Å². The molecule has 2 aliphatic rings. The summed E-state index contributed by atoms with van der Waals surface area (Å²) in [6.07, 6.45) is 5.46. The molecule has 2 aromatic rings. The lowest BCUT2D eigenvalue weighted by atomic mass is 9.98. The van der Waals surface area contributed by atoms with Crippen LogP contribution >= 0.6 is 0 Å². The Kier molecular flexibility index (Phi) is 7.42. The first-order valence-corrected chi connectivity index (χ1v) is 13.6. The smallest absolute Gasteiger partial charge is 0.270 e. The number of benzene rings is 1. The van der Waals surface area contributed by atoms with E-state index in [9.17, 15) is 18.0 Å². The number of piperidine rings is 2. The Bertz CT molecular complexity index is 1120. The van der Waals surface area contributed by atoms with Crippen molar-refractivity contribution in [2.24, 2.45) is 11.8 Å². The van der Waals surface area contributed by atoms with Crippen LogP contribution in [0.4, 0.5) is 5.69 Å². The molecule has 8 nitrogen and oxygen atoms in total. The number of hydrogen-bond acceptors (Lipinski definition) is 4. The summed E-state index contributed by atoms with van der Waals surface area (Å²) in [5.74, 6) is -0.167. The van der Waals surface area contributed by atoms with E-state index in [4.69, 9.17) is 0 Å². The maximum absolute atomic E-state index is 13.3. The molecule has 0 bridgehead atoms. The van der Waals surface area contributed by atoms with Crippen molar-refractivity contribution < 1.29 is 18.0 Å². The Balaban J connectivity index is 1.41. The van der Waals surface area contributed by atoms with Gasteiger partial charge in [-0.15, -0.1) is 0 Å². The summed E-state index contributed by atoms with van der Waals surface area (Å²) >= 11 is 0. The van der Waals surface area contributed by atoms with Crippen LogP contribution in [0.2, 0.25) is 0 Å². The number of likely N-dealkylation sites (tertiary alicyclic amines) is 1. The topological polar surface area (TPSA) is 103 Å². The maximum Gasteiger partial charge on any atom is 0.270 e. The molecule has 2 saturated heterocycles. The Morgan fingerprint density at radius 2 is 1.79 bits per heavy atom. The summed E-state index contributed by atoms with van der Waals surface area (Å²) in [6.45, 7) is 6.10. The van der Waals surface area contributed by atoms with Crippen molar-refractivity contribution in [2.45, 2.75) is 50.8 Å². The number of rotatable bonds is 6. The third-order valence-electron chi connectivity index (χ3n) is 6.98. The number of nitrogens with one attached hydrogen (secondary N) is 2. The summed E-state index contributed by atoms with van der Waals surface area (Å²) in [6, 6.07) is 9.12. The van der Waals surface area contributed by atoms with Gasteiger partial charge in [0.15, 0.2) is 0 Å². The van der Waals surface area contributed by atoms with Crippen molar-refractivity contribution in [3.63, 3.8) is 0 Å². The first-order chi connectivity index (χ1) is 16.3. The van der Waals surface area contributed by atoms with Gasteiger partial charge in [-0.25, -0.2) is 8.42 Å². The molecular formula is C25H34N4O4S. The second-order valence-corrected chi connectivity index (χ2v) is 11.4. The average Bonchev–Trinajstić information content (AvgIpc) is 3.36. The summed E-state index contributed by atoms with van der Waals surface area (Å²) < 4.78 is 27.9. The fourth-order valence-electron chi connectivity index (χ4n) is 4.62. The van der Waals surface area contributed by atoms with E-state index in [-0.39, 0.29) is 28.9 Å². The molecule has 2 N–H and O–H groups in total. The number of aromatic amines is 1. The van der Waals surface area contributed by atoms with Gasteiger partial charge in [0.25, 0.3) is 5.91 Å². The highest BCUT2D eigenvalue weighted by Crippen LogP contribution is 2.26. The van der Waals surface area contributed by atoms with Gasteiger partial charge in [-0.05, 0) is 61.8 Å². The Morgan fingerprint density at radius 1 is 1.09 bits per heavy atom. The van der Waals surface area contributed by atoms with E-state index in [2.05, 4.69) is 24.1 Å². The molecule has 0 aliphatic carbocycles. The van der Waals surface area contributed by atoms with E-state index in [0.29, 0.717) is 44.1 Å². The quantitative estimate of drug-likeness (QED) is 0.652. The number of carbonyl (C=O) groups is 2. The standard InChI is InChI=1S/C25H34N4O4S/c1-3-19-6-8-21(9-7-19)27-24(30)20-5-4-12-29(17-20)34(32,33)22-15-23(26-16-22)25(31)28-13-10-18(2)11-14-28/h6-9,15-16,18,20,26H,3-5,10-14,17H2,1-2H3,(H,27,30)/t20-/m0/s1. The number of aromatic nitrogens is 1. The van der Waals surface area contributed by atoms with Crippen molar-refractivity contribution in [3.05, 3.63) is 47.8 Å². The van der Waals surface area contributed by atoms with Gasteiger partial charge in [0, 0.05) is 38.1 Å². The molecule has 34 heavy (non-hydrogen) atoms.